The van der Waals surface area contributed by atoms with Crippen molar-refractivity contribution in [1.29, 1.82) is 0 Å². The number of hydrogen-bond donors (Lipinski definition) is 1. The fourth-order valence-corrected chi connectivity index (χ4v) is 6.38. The number of alkyl halides is 1. The van der Waals surface area contributed by atoms with Gasteiger partial charge in [-0.25, -0.2) is 8.78 Å². The molecule has 8 heteroatoms. The Morgan fingerprint density at radius 1 is 1.05 bits per heavy atom. The molecule has 0 radical (unpaired) electrons. The van der Waals surface area contributed by atoms with Crippen LogP contribution in [0.25, 0.3) is 10.1 Å². The van der Waals surface area contributed by atoms with Gasteiger partial charge in [-0.05, 0) is 92.4 Å². The van der Waals surface area contributed by atoms with Crippen LogP contribution in [0, 0.1) is 19.7 Å². The number of ketones is 1. The number of ether oxygens (including phenoxy) is 2. The lowest BCUT2D eigenvalue weighted by Gasteiger charge is -2.16. The molecule has 0 amide bonds. The lowest BCUT2D eigenvalue weighted by atomic mass is 9.97. The van der Waals surface area contributed by atoms with Crippen LogP contribution >= 0.6 is 11.3 Å². The van der Waals surface area contributed by atoms with E-state index in [1.807, 2.05) is 12.1 Å². The molecule has 2 aliphatic rings. The Bertz CT molecular complexity index is 1510. The van der Waals surface area contributed by atoms with Crippen LogP contribution in [0.4, 0.5) is 8.78 Å². The van der Waals surface area contributed by atoms with Crippen molar-refractivity contribution in [2.24, 2.45) is 0 Å². The van der Waals surface area contributed by atoms with Gasteiger partial charge in [0.2, 0.25) is 5.78 Å². The molecule has 2 unspecified atom stereocenters. The van der Waals surface area contributed by atoms with Gasteiger partial charge in [0, 0.05) is 34.8 Å². The smallest absolute Gasteiger partial charge is 0.207 e. The van der Waals surface area contributed by atoms with E-state index in [9.17, 15) is 18.7 Å². The number of halogens is 2. The highest BCUT2D eigenvalue weighted by molar-refractivity contribution is 7.21. The quantitative estimate of drug-likeness (QED) is 0.260. The molecule has 0 bridgehead atoms. The Labute approximate surface area is 223 Å². The minimum absolute atomic E-state index is 0.0227. The van der Waals surface area contributed by atoms with Crippen LogP contribution in [0.2, 0.25) is 0 Å². The summed E-state index contributed by atoms with van der Waals surface area (Å²) in [6.07, 6.45) is 0.813. The van der Waals surface area contributed by atoms with E-state index < -0.39 is 6.17 Å². The lowest BCUT2D eigenvalue weighted by Crippen LogP contribution is -2.28. The second kappa shape index (κ2) is 9.67. The number of aryl methyl sites for hydroxylation is 2. The topological polar surface area (TPSA) is 59.0 Å². The Hall–Kier alpha value is -3.49. The van der Waals surface area contributed by atoms with Crippen molar-refractivity contribution >= 4 is 27.2 Å². The second-order valence-electron chi connectivity index (χ2n) is 10.1. The Morgan fingerprint density at radius 2 is 1.74 bits per heavy atom. The molecule has 1 aliphatic heterocycles. The summed E-state index contributed by atoms with van der Waals surface area (Å²) in [5, 5.41) is 10.7. The van der Waals surface area contributed by atoms with Gasteiger partial charge in [0.1, 0.15) is 40.2 Å². The van der Waals surface area contributed by atoms with Crippen LogP contribution in [-0.4, -0.2) is 47.2 Å². The van der Waals surface area contributed by atoms with Gasteiger partial charge in [0.25, 0.3) is 0 Å². The lowest BCUT2D eigenvalue weighted by molar-refractivity contribution is 0.103. The number of aromatic hydroxyl groups is 1. The maximum absolute atomic E-state index is 13.9. The van der Waals surface area contributed by atoms with Crippen LogP contribution in [0.5, 0.6) is 23.0 Å². The summed E-state index contributed by atoms with van der Waals surface area (Å²) in [5.74, 6) is 1.06. The summed E-state index contributed by atoms with van der Waals surface area (Å²) in [5.41, 5.74) is 1.54. The van der Waals surface area contributed by atoms with Crippen LogP contribution in [0.3, 0.4) is 0 Å². The van der Waals surface area contributed by atoms with Gasteiger partial charge < -0.3 is 14.6 Å². The number of fused-ring (bicyclic) bond motifs is 1. The molecule has 1 N–H and O–H groups in total. The van der Waals surface area contributed by atoms with Crippen molar-refractivity contribution in [2.75, 3.05) is 13.1 Å². The van der Waals surface area contributed by atoms with Gasteiger partial charge in [0.15, 0.2) is 5.75 Å². The molecule has 0 spiro atoms. The van der Waals surface area contributed by atoms with E-state index in [0.29, 0.717) is 55.3 Å². The summed E-state index contributed by atoms with van der Waals surface area (Å²) >= 11 is 1.23. The molecule has 1 aromatic heterocycles. The normalized spacial score (nSPS) is 21.1. The number of hydrogen-bond acceptors (Lipinski definition) is 6. The highest BCUT2D eigenvalue weighted by Gasteiger charge is 2.45. The number of benzene rings is 3. The van der Waals surface area contributed by atoms with E-state index >= 15 is 0 Å². The predicted octanol–water partition coefficient (Wildman–Crippen LogP) is 6.95. The van der Waals surface area contributed by atoms with Crippen LogP contribution in [0.15, 0.2) is 54.6 Å². The third kappa shape index (κ3) is 4.74. The first-order valence-electron chi connectivity index (χ1n) is 12.7. The summed E-state index contributed by atoms with van der Waals surface area (Å²) in [7, 11) is 0. The summed E-state index contributed by atoms with van der Waals surface area (Å²) in [6.45, 7) is 5.00. The van der Waals surface area contributed by atoms with Crippen LogP contribution in [-0.2, 0) is 0 Å². The van der Waals surface area contributed by atoms with Crippen molar-refractivity contribution in [2.45, 2.75) is 45.0 Å². The molecule has 196 valence electrons. The number of phenolic OH excluding ortho intramolecular Hbond substituents is 1. The highest BCUT2D eigenvalue weighted by Crippen LogP contribution is 2.43. The monoisotopic (exact) mass is 535 g/mol. The van der Waals surface area contributed by atoms with E-state index in [2.05, 4.69) is 4.90 Å². The standard InChI is InChI=1S/C30H27F2NO4S/c1-16-11-18(31)12-17(2)27(16)28(35)30-29(23-8-3-19(34)13-26(23)38-30)37-21-6-4-20(5-7-21)36-22-9-10-33(15-22)25-14-24(25)32/h3-8,11-13,22,24-25,34H,9-10,14-15H2,1-2H3/t22-,24?,25?/m0/s1. The first-order chi connectivity index (χ1) is 18.3. The molecule has 1 saturated heterocycles. The zero-order valence-corrected chi connectivity index (χ0v) is 21.9. The number of likely N-dealkylation sites (tertiary alicyclic amines) is 1. The molecular formula is C30H27F2NO4S. The number of carbonyl (C=O) groups excluding carboxylic acids is 1. The molecular weight excluding hydrogens is 508 g/mol. The van der Waals surface area contributed by atoms with Gasteiger partial charge in [-0.15, -0.1) is 11.3 Å². The molecule has 3 atom stereocenters. The number of carbonyl (C=O) groups is 1. The minimum Gasteiger partial charge on any atom is -0.508 e. The van der Waals surface area contributed by atoms with Crippen LogP contribution < -0.4 is 9.47 Å². The fourth-order valence-electron chi connectivity index (χ4n) is 5.27. The predicted molar refractivity (Wildman–Crippen MR) is 143 cm³/mol. The van der Waals surface area contributed by atoms with E-state index in [1.54, 1.807) is 44.2 Å². The third-order valence-corrected chi connectivity index (χ3v) is 8.36. The maximum Gasteiger partial charge on any atom is 0.207 e. The molecule has 1 aliphatic carbocycles. The average Bonchev–Trinajstić information content (AvgIpc) is 3.26. The van der Waals surface area contributed by atoms with E-state index in [-0.39, 0.29) is 29.5 Å². The van der Waals surface area contributed by atoms with E-state index in [0.717, 1.165) is 19.5 Å². The molecule has 6 rings (SSSR count). The molecule has 4 aromatic rings. The van der Waals surface area contributed by atoms with E-state index in [4.69, 9.17) is 9.47 Å². The largest absolute Gasteiger partial charge is 0.508 e. The molecule has 3 aromatic carbocycles. The van der Waals surface area contributed by atoms with Crippen molar-refractivity contribution < 1.29 is 28.2 Å². The fraction of sp³-hybridized carbons (Fsp3) is 0.300. The van der Waals surface area contributed by atoms with Crippen LogP contribution in [0.1, 0.15) is 39.2 Å². The summed E-state index contributed by atoms with van der Waals surface area (Å²) in [4.78, 5) is 16.2. The number of nitrogens with zero attached hydrogens (tertiary/aromatic N) is 1. The van der Waals surface area contributed by atoms with Crippen molar-refractivity contribution in [3.05, 3.63) is 82.0 Å². The zero-order valence-electron chi connectivity index (χ0n) is 21.0. The molecule has 5 nitrogen and oxygen atoms in total. The number of rotatable bonds is 7. The van der Waals surface area contributed by atoms with Gasteiger partial charge in [0.05, 0.1) is 0 Å². The van der Waals surface area contributed by atoms with Gasteiger partial charge in [-0.2, -0.15) is 0 Å². The molecule has 38 heavy (non-hydrogen) atoms. The molecule has 1 saturated carbocycles. The van der Waals surface area contributed by atoms with Crippen molar-refractivity contribution in [3.63, 3.8) is 0 Å². The first-order valence-corrected chi connectivity index (χ1v) is 13.5. The summed E-state index contributed by atoms with van der Waals surface area (Å²) in [6, 6.07) is 14.9. The van der Waals surface area contributed by atoms with Gasteiger partial charge >= 0.3 is 0 Å². The second-order valence-corrected chi connectivity index (χ2v) is 11.2. The zero-order chi connectivity index (χ0) is 26.6. The SMILES string of the molecule is Cc1cc(F)cc(C)c1C(=O)c1sc2cc(O)ccc2c1Oc1ccc(O[C@H]2CCN(C3CC3F)C2)cc1. The third-order valence-electron chi connectivity index (χ3n) is 7.23. The number of phenols is 1. The maximum atomic E-state index is 13.9. The first kappa shape index (κ1) is 24.8. The van der Waals surface area contributed by atoms with Gasteiger partial charge in [-0.3, -0.25) is 9.69 Å². The highest BCUT2D eigenvalue weighted by atomic mass is 32.1. The Kier molecular flexibility index (Phi) is 6.32. The summed E-state index contributed by atoms with van der Waals surface area (Å²) < 4.78 is 40.4. The Balaban J connectivity index is 1.26. The Morgan fingerprint density at radius 3 is 2.42 bits per heavy atom. The van der Waals surface area contributed by atoms with Crippen molar-refractivity contribution in [1.82, 2.24) is 4.90 Å². The molecule has 2 heterocycles. The van der Waals surface area contributed by atoms with Crippen molar-refractivity contribution in [3.8, 4) is 23.0 Å². The van der Waals surface area contributed by atoms with E-state index in [1.165, 1.54) is 23.5 Å². The molecule has 2 fully saturated rings. The number of thiophene rings is 1. The average molecular weight is 536 g/mol. The van der Waals surface area contributed by atoms with Gasteiger partial charge in [-0.1, -0.05) is 0 Å². The minimum atomic E-state index is -0.699.